The molecule has 3 aromatic carbocycles. The molecule has 4 heteroatoms. The molecule has 28 heavy (non-hydrogen) atoms. The first kappa shape index (κ1) is 19.4. The summed E-state index contributed by atoms with van der Waals surface area (Å²) in [4.78, 5) is 23.2. The Kier molecular flexibility index (Phi) is 6.58. The molecule has 4 nitrogen and oxygen atoms in total. The quantitative estimate of drug-likeness (QED) is 0.494. The SMILES string of the molecule is O=C(CCCCC=Cc1ccc2ccccc2c1)Nc1ccccc1C(=O)O. The number of allylic oxidation sites excluding steroid dienone is 1. The Morgan fingerprint density at radius 3 is 2.46 bits per heavy atom. The van der Waals surface area contributed by atoms with Crippen LogP contribution < -0.4 is 5.32 Å². The minimum atomic E-state index is -1.05. The van der Waals surface area contributed by atoms with Gasteiger partial charge in [-0.05, 0) is 53.8 Å². The Bertz CT molecular complexity index is 1010. The molecule has 0 saturated heterocycles. The number of fused-ring (bicyclic) bond motifs is 1. The van der Waals surface area contributed by atoms with E-state index in [1.165, 1.54) is 22.4 Å². The summed E-state index contributed by atoms with van der Waals surface area (Å²) in [6, 6.07) is 21.1. The fraction of sp³-hybridized carbons (Fsp3) is 0.167. The first-order chi connectivity index (χ1) is 13.6. The van der Waals surface area contributed by atoms with Crippen molar-refractivity contribution in [2.24, 2.45) is 0 Å². The van der Waals surface area contributed by atoms with Crippen LogP contribution in [-0.2, 0) is 4.79 Å². The molecular formula is C24H23NO3. The minimum absolute atomic E-state index is 0.106. The molecule has 0 spiro atoms. The number of carboxylic acids is 1. The summed E-state index contributed by atoms with van der Waals surface area (Å²) in [5.74, 6) is -1.21. The van der Waals surface area contributed by atoms with Gasteiger partial charge in [0.25, 0.3) is 0 Å². The van der Waals surface area contributed by atoms with Crippen LogP contribution in [0, 0.1) is 0 Å². The van der Waals surface area contributed by atoms with Gasteiger partial charge in [0.05, 0.1) is 11.3 Å². The van der Waals surface area contributed by atoms with Crippen LogP contribution in [-0.4, -0.2) is 17.0 Å². The number of anilines is 1. The van der Waals surface area contributed by atoms with Gasteiger partial charge in [-0.2, -0.15) is 0 Å². The molecule has 0 heterocycles. The molecular weight excluding hydrogens is 350 g/mol. The number of hydrogen-bond acceptors (Lipinski definition) is 2. The van der Waals surface area contributed by atoms with Gasteiger partial charge in [-0.15, -0.1) is 0 Å². The second kappa shape index (κ2) is 9.51. The molecule has 0 unspecified atom stereocenters. The van der Waals surface area contributed by atoms with Crippen molar-refractivity contribution in [3.05, 3.63) is 83.9 Å². The summed E-state index contributed by atoms with van der Waals surface area (Å²) >= 11 is 0. The van der Waals surface area contributed by atoms with Gasteiger partial charge in [0.1, 0.15) is 0 Å². The van der Waals surface area contributed by atoms with Crippen LogP contribution >= 0.6 is 0 Å². The van der Waals surface area contributed by atoms with E-state index in [0.717, 1.165) is 19.3 Å². The van der Waals surface area contributed by atoms with Crippen LogP contribution in [0.1, 0.15) is 41.6 Å². The number of hydrogen-bond donors (Lipinski definition) is 2. The van der Waals surface area contributed by atoms with Crippen molar-refractivity contribution in [1.82, 2.24) is 0 Å². The first-order valence-corrected chi connectivity index (χ1v) is 9.41. The monoisotopic (exact) mass is 373 g/mol. The highest BCUT2D eigenvalue weighted by Crippen LogP contribution is 2.17. The van der Waals surface area contributed by atoms with E-state index in [0.29, 0.717) is 12.1 Å². The van der Waals surface area contributed by atoms with Crippen molar-refractivity contribution in [2.45, 2.75) is 25.7 Å². The summed E-state index contributed by atoms with van der Waals surface area (Å²) in [5.41, 5.74) is 1.62. The van der Waals surface area contributed by atoms with Crippen LogP contribution in [0.3, 0.4) is 0 Å². The Morgan fingerprint density at radius 2 is 1.64 bits per heavy atom. The van der Waals surface area contributed by atoms with Gasteiger partial charge in [-0.25, -0.2) is 4.79 Å². The predicted molar refractivity (Wildman–Crippen MR) is 113 cm³/mol. The number of carbonyl (C=O) groups excluding carboxylic acids is 1. The molecule has 0 aliphatic heterocycles. The standard InChI is InChI=1S/C24H23NO3/c26-23(25-22-13-8-7-12-21(22)24(27)28)14-4-2-1-3-9-18-15-16-19-10-5-6-11-20(19)17-18/h3,5-13,15-17H,1-2,4,14H2,(H,25,26)(H,27,28). The maximum absolute atomic E-state index is 12.0. The van der Waals surface area contributed by atoms with E-state index in [-0.39, 0.29) is 11.5 Å². The normalized spacial score (nSPS) is 11.0. The summed E-state index contributed by atoms with van der Waals surface area (Å²) in [7, 11) is 0. The van der Waals surface area contributed by atoms with Crippen molar-refractivity contribution in [1.29, 1.82) is 0 Å². The molecule has 0 bridgehead atoms. The van der Waals surface area contributed by atoms with Crippen molar-refractivity contribution in [3.63, 3.8) is 0 Å². The highest BCUT2D eigenvalue weighted by atomic mass is 16.4. The molecule has 3 aromatic rings. The number of carboxylic acid groups (broad SMARTS) is 1. The zero-order chi connectivity index (χ0) is 19.8. The lowest BCUT2D eigenvalue weighted by molar-refractivity contribution is -0.116. The van der Waals surface area contributed by atoms with Gasteiger partial charge >= 0.3 is 5.97 Å². The average molecular weight is 373 g/mol. The topological polar surface area (TPSA) is 66.4 Å². The van der Waals surface area contributed by atoms with Gasteiger partial charge in [0, 0.05) is 6.42 Å². The van der Waals surface area contributed by atoms with E-state index >= 15 is 0 Å². The van der Waals surface area contributed by atoms with Gasteiger partial charge in [0.15, 0.2) is 0 Å². The van der Waals surface area contributed by atoms with Crippen LogP contribution in [0.15, 0.2) is 72.8 Å². The summed E-state index contributed by atoms with van der Waals surface area (Å²) < 4.78 is 0. The van der Waals surface area contributed by atoms with Crippen LogP contribution in [0.4, 0.5) is 5.69 Å². The molecule has 0 saturated carbocycles. The van der Waals surface area contributed by atoms with Crippen LogP contribution in [0.5, 0.6) is 0 Å². The van der Waals surface area contributed by atoms with E-state index in [9.17, 15) is 9.59 Å². The maximum Gasteiger partial charge on any atom is 0.337 e. The van der Waals surface area contributed by atoms with E-state index in [2.05, 4.69) is 47.8 Å². The Labute approximate surface area is 164 Å². The zero-order valence-electron chi connectivity index (χ0n) is 15.6. The highest BCUT2D eigenvalue weighted by molar-refractivity contribution is 6.00. The smallest absolute Gasteiger partial charge is 0.337 e. The Hall–Kier alpha value is -3.40. The van der Waals surface area contributed by atoms with E-state index < -0.39 is 5.97 Å². The summed E-state index contributed by atoms with van der Waals surface area (Å²) in [5, 5.41) is 14.3. The van der Waals surface area contributed by atoms with E-state index in [1.54, 1.807) is 18.2 Å². The number of amides is 1. The Morgan fingerprint density at radius 1 is 0.893 bits per heavy atom. The number of carbonyl (C=O) groups is 2. The molecule has 0 aliphatic rings. The zero-order valence-corrected chi connectivity index (χ0v) is 15.6. The van der Waals surface area contributed by atoms with Crippen molar-refractivity contribution in [3.8, 4) is 0 Å². The average Bonchev–Trinajstić information content (AvgIpc) is 2.70. The van der Waals surface area contributed by atoms with Gasteiger partial charge in [-0.1, -0.05) is 60.7 Å². The fourth-order valence-corrected chi connectivity index (χ4v) is 3.07. The number of aromatic carboxylic acids is 1. The number of benzene rings is 3. The third kappa shape index (κ3) is 5.30. The molecule has 142 valence electrons. The van der Waals surface area contributed by atoms with Gasteiger partial charge in [0.2, 0.25) is 5.91 Å². The minimum Gasteiger partial charge on any atom is -0.478 e. The number of rotatable bonds is 8. The molecule has 0 radical (unpaired) electrons. The van der Waals surface area contributed by atoms with Crippen LogP contribution in [0.2, 0.25) is 0 Å². The molecule has 0 fully saturated rings. The van der Waals surface area contributed by atoms with Gasteiger partial charge in [-0.3, -0.25) is 4.79 Å². The van der Waals surface area contributed by atoms with E-state index in [1.807, 2.05) is 12.1 Å². The maximum atomic E-state index is 12.0. The number of nitrogens with one attached hydrogen (secondary N) is 1. The predicted octanol–water partition coefficient (Wildman–Crippen LogP) is 5.75. The largest absolute Gasteiger partial charge is 0.478 e. The van der Waals surface area contributed by atoms with Crippen molar-refractivity contribution < 1.29 is 14.7 Å². The lowest BCUT2D eigenvalue weighted by Gasteiger charge is -2.07. The molecule has 0 aromatic heterocycles. The summed E-state index contributed by atoms with van der Waals surface area (Å²) in [6.07, 6.45) is 7.15. The molecule has 0 atom stereocenters. The first-order valence-electron chi connectivity index (χ1n) is 9.41. The molecule has 2 N–H and O–H groups in total. The molecule has 0 aliphatic carbocycles. The van der Waals surface area contributed by atoms with Crippen molar-refractivity contribution in [2.75, 3.05) is 5.32 Å². The molecule has 1 amide bonds. The van der Waals surface area contributed by atoms with E-state index in [4.69, 9.17) is 5.11 Å². The molecule has 3 rings (SSSR count). The second-order valence-electron chi connectivity index (χ2n) is 6.65. The number of unbranched alkanes of at least 4 members (excludes halogenated alkanes) is 2. The summed E-state index contributed by atoms with van der Waals surface area (Å²) in [6.45, 7) is 0. The Balaban J connectivity index is 1.42. The number of para-hydroxylation sites is 1. The van der Waals surface area contributed by atoms with Crippen molar-refractivity contribution >= 4 is 34.4 Å². The van der Waals surface area contributed by atoms with Crippen LogP contribution in [0.25, 0.3) is 16.8 Å². The second-order valence-corrected chi connectivity index (χ2v) is 6.65. The third-order valence-electron chi connectivity index (χ3n) is 4.54. The lowest BCUT2D eigenvalue weighted by Crippen LogP contribution is -2.14. The fourth-order valence-electron chi connectivity index (χ4n) is 3.07. The highest BCUT2D eigenvalue weighted by Gasteiger charge is 2.11. The third-order valence-corrected chi connectivity index (χ3v) is 4.54. The lowest BCUT2D eigenvalue weighted by atomic mass is 10.1. The van der Waals surface area contributed by atoms with Gasteiger partial charge < -0.3 is 10.4 Å².